The molecule has 8 heteroatoms. The van der Waals surface area contributed by atoms with E-state index < -0.39 is 9.84 Å². The lowest BCUT2D eigenvalue weighted by atomic mass is 10.2. The topological polar surface area (TPSA) is 84.9 Å². The first kappa shape index (κ1) is 15.9. The summed E-state index contributed by atoms with van der Waals surface area (Å²) in [4.78, 5) is 13.6. The number of carbonyl (C=O) groups excluding carboxylic acids is 1. The molecule has 0 saturated carbocycles. The Hall–Kier alpha value is -1.96. The Morgan fingerprint density at radius 2 is 2.04 bits per heavy atom. The number of nitrogens with one attached hydrogen (secondary N) is 1. The van der Waals surface area contributed by atoms with Crippen LogP contribution in [0.5, 0.6) is 11.5 Å². The minimum Gasteiger partial charge on any atom is -0.486 e. The van der Waals surface area contributed by atoms with Crippen LogP contribution in [0, 0.1) is 0 Å². The van der Waals surface area contributed by atoms with E-state index in [9.17, 15) is 13.2 Å². The van der Waals surface area contributed by atoms with Crippen LogP contribution in [0.25, 0.3) is 0 Å². The van der Waals surface area contributed by atoms with E-state index in [1.165, 1.54) is 4.90 Å². The molecule has 0 aliphatic carbocycles. The van der Waals surface area contributed by atoms with E-state index in [1.807, 2.05) is 18.2 Å². The van der Waals surface area contributed by atoms with Gasteiger partial charge in [0.1, 0.15) is 13.2 Å². The van der Waals surface area contributed by atoms with Gasteiger partial charge in [0.05, 0.1) is 11.5 Å². The van der Waals surface area contributed by atoms with E-state index in [1.54, 1.807) is 7.05 Å². The van der Waals surface area contributed by atoms with Gasteiger partial charge < -0.3 is 19.7 Å². The van der Waals surface area contributed by atoms with E-state index >= 15 is 0 Å². The van der Waals surface area contributed by atoms with Crippen LogP contribution in [0.15, 0.2) is 18.2 Å². The van der Waals surface area contributed by atoms with Gasteiger partial charge >= 0.3 is 6.03 Å². The van der Waals surface area contributed by atoms with Crippen LogP contribution >= 0.6 is 0 Å². The molecule has 0 aromatic heterocycles. The summed E-state index contributed by atoms with van der Waals surface area (Å²) >= 11 is 0. The van der Waals surface area contributed by atoms with Crippen molar-refractivity contribution in [3.05, 3.63) is 23.8 Å². The first-order valence-electron chi connectivity index (χ1n) is 7.54. The normalized spacial score (nSPS) is 21.7. The Morgan fingerprint density at radius 1 is 1.30 bits per heavy atom. The van der Waals surface area contributed by atoms with E-state index in [0.717, 1.165) is 5.56 Å². The molecule has 1 N–H and O–H groups in total. The highest BCUT2D eigenvalue weighted by Crippen LogP contribution is 2.30. The molecule has 2 aliphatic rings. The number of fused-ring (bicyclic) bond motifs is 1. The molecule has 2 amide bonds. The summed E-state index contributed by atoms with van der Waals surface area (Å²) < 4.78 is 34.0. The van der Waals surface area contributed by atoms with Crippen molar-refractivity contribution in [1.29, 1.82) is 0 Å². The van der Waals surface area contributed by atoms with Gasteiger partial charge in [-0.05, 0) is 24.1 Å². The second-order valence-electron chi connectivity index (χ2n) is 5.80. The number of urea groups is 1. The average Bonchev–Trinajstić information content (AvgIpc) is 2.91. The third kappa shape index (κ3) is 3.69. The van der Waals surface area contributed by atoms with E-state index in [0.29, 0.717) is 37.7 Å². The predicted octanol–water partition coefficient (Wildman–Crippen LogP) is 0.786. The van der Waals surface area contributed by atoms with Crippen LogP contribution in [0.2, 0.25) is 0 Å². The number of benzene rings is 1. The first-order chi connectivity index (χ1) is 10.9. The maximum Gasteiger partial charge on any atom is 0.317 e. The maximum absolute atomic E-state index is 12.2. The van der Waals surface area contributed by atoms with Gasteiger partial charge in [0.25, 0.3) is 0 Å². The maximum atomic E-state index is 12.2. The van der Waals surface area contributed by atoms with E-state index in [4.69, 9.17) is 9.47 Å². The fourth-order valence-corrected chi connectivity index (χ4v) is 4.52. The lowest BCUT2D eigenvalue weighted by Gasteiger charge is -2.24. The largest absolute Gasteiger partial charge is 0.486 e. The van der Waals surface area contributed by atoms with Gasteiger partial charge in [0.2, 0.25) is 0 Å². The highest BCUT2D eigenvalue weighted by molar-refractivity contribution is 7.91. The second kappa shape index (κ2) is 6.27. The smallest absolute Gasteiger partial charge is 0.317 e. The summed E-state index contributed by atoms with van der Waals surface area (Å²) in [5.74, 6) is 1.58. The molecule has 3 rings (SSSR count). The minimum atomic E-state index is -3.00. The lowest BCUT2D eigenvalue weighted by Crippen LogP contribution is -2.43. The molecule has 1 aromatic rings. The molecule has 1 fully saturated rings. The Kier molecular flexibility index (Phi) is 4.34. The zero-order valence-corrected chi connectivity index (χ0v) is 13.8. The summed E-state index contributed by atoms with van der Waals surface area (Å²) in [6, 6.07) is 5.01. The third-order valence-corrected chi connectivity index (χ3v) is 5.88. The van der Waals surface area contributed by atoms with Gasteiger partial charge in [0.15, 0.2) is 21.3 Å². The molecule has 126 valence electrons. The molecule has 0 unspecified atom stereocenters. The molecular weight excluding hydrogens is 320 g/mol. The number of carbonyl (C=O) groups is 1. The van der Waals surface area contributed by atoms with Crippen molar-refractivity contribution in [2.24, 2.45) is 0 Å². The predicted molar refractivity (Wildman–Crippen MR) is 84.5 cm³/mol. The number of amides is 2. The molecule has 0 bridgehead atoms. The van der Waals surface area contributed by atoms with Gasteiger partial charge in [-0.1, -0.05) is 6.07 Å². The van der Waals surface area contributed by atoms with Crippen molar-refractivity contribution in [3.63, 3.8) is 0 Å². The van der Waals surface area contributed by atoms with Gasteiger partial charge in [-0.25, -0.2) is 13.2 Å². The molecule has 0 spiro atoms. The molecule has 2 heterocycles. The Labute approximate surface area is 135 Å². The quantitative estimate of drug-likeness (QED) is 0.879. The minimum absolute atomic E-state index is 0.0426. The summed E-state index contributed by atoms with van der Waals surface area (Å²) in [6.45, 7) is 1.40. The van der Waals surface area contributed by atoms with Gasteiger partial charge in [-0.15, -0.1) is 0 Å². The number of nitrogens with zero attached hydrogens (tertiary/aromatic N) is 1. The molecule has 7 nitrogen and oxygen atoms in total. The highest BCUT2D eigenvalue weighted by Gasteiger charge is 2.32. The van der Waals surface area contributed by atoms with Crippen molar-refractivity contribution >= 4 is 15.9 Å². The summed E-state index contributed by atoms with van der Waals surface area (Å²) in [5.41, 5.74) is 0.898. The highest BCUT2D eigenvalue weighted by atomic mass is 32.2. The Morgan fingerprint density at radius 3 is 2.74 bits per heavy atom. The van der Waals surface area contributed by atoms with Crippen LogP contribution in [0.4, 0.5) is 4.79 Å². The fraction of sp³-hybridized carbons (Fsp3) is 0.533. The average molecular weight is 340 g/mol. The SMILES string of the molecule is CN(C(=O)NCc1ccc2c(c1)OCCO2)[C@H]1CCS(=O)(=O)C1. The summed E-state index contributed by atoms with van der Waals surface area (Å²) in [5, 5.41) is 2.81. The fourth-order valence-electron chi connectivity index (χ4n) is 2.75. The van der Waals surface area contributed by atoms with Crippen molar-refractivity contribution in [2.75, 3.05) is 31.8 Å². The van der Waals surface area contributed by atoms with Gasteiger partial charge in [0, 0.05) is 19.6 Å². The number of hydrogen-bond donors (Lipinski definition) is 1. The van der Waals surface area contributed by atoms with Crippen LogP contribution < -0.4 is 14.8 Å². The number of hydrogen-bond acceptors (Lipinski definition) is 5. The van der Waals surface area contributed by atoms with Crippen LogP contribution in [-0.2, 0) is 16.4 Å². The summed E-state index contributed by atoms with van der Waals surface area (Å²) in [7, 11) is -1.37. The van der Waals surface area contributed by atoms with Gasteiger partial charge in [-0.3, -0.25) is 0 Å². The zero-order chi connectivity index (χ0) is 16.4. The van der Waals surface area contributed by atoms with Crippen molar-refractivity contribution < 1.29 is 22.7 Å². The summed E-state index contributed by atoms with van der Waals surface area (Å²) in [6.07, 6.45) is 0.496. The van der Waals surface area contributed by atoms with Crippen LogP contribution in [0.3, 0.4) is 0 Å². The number of ether oxygens (including phenoxy) is 2. The van der Waals surface area contributed by atoms with Crippen LogP contribution in [0.1, 0.15) is 12.0 Å². The molecule has 23 heavy (non-hydrogen) atoms. The van der Waals surface area contributed by atoms with E-state index in [2.05, 4.69) is 5.32 Å². The monoisotopic (exact) mass is 340 g/mol. The standard InChI is InChI=1S/C15H20N2O5S/c1-17(12-4-7-23(19,20)10-12)15(18)16-9-11-2-3-13-14(8-11)22-6-5-21-13/h2-3,8,12H,4-7,9-10H2,1H3,(H,16,18)/t12-/m0/s1. The zero-order valence-electron chi connectivity index (χ0n) is 12.9. The molecule has 2 aliphatic heterocycles. The van der Waals surface area contributed by atoms with Crippen molar-refractivity contribution in [1.82, 2.24) is 10.2 Å². The Bertz CT molecular complexity index is 704. The second-order valence-corrected chi connectivity index (χ2v) is 8.03. The number of sulfone groups is 1. The van der Waals surface area contributed by atoms with Crippen molar-refractivity contribution in [2.45, 2.75) is 19.0 Å². The Balaban J connectivity index is 1.56. The molecule has 0 radical (unpaired) electrons. The number of rotatable bonds is 3. The van der Waals surface area contributed by atoms with Crippen LogP contribution in [-0.4, -0.2) is 57.2 Å². The third-order valence-electron chi connectivity index (χ3n) is 4.13. The first-order valence-corrected chi connectivity index (χ1v) is 9.36. The molecular formula is C15H20N2O5S. The van der Waals surface area contributed by atoms with E-state index in [-0.39, 0.29) is 23.6 Å². The van der Waals surface area contributed by atoms with Gasteiger partial charge in [-0.2, -0.15) is 0 Å². The molecule has 1 atom stereocenters. The molecule has 1 saturated heterocycles. The lowest BCUT2D eigenvalue weighted by molar-refractivity contribution is 0.171. The van der Waals surface area contributed by atoms with Crippen molar-refractivity contribution in [3.8, 4) is 11.5 Å². The molecule has 1 aromatic carbocycles.